The van der Waals surface area contributed by atoms with E-state index in [4.69, 9.17) is 16.3 Å². The van der Waals surface area contributed by atoms with Crippen molar-refractivity contribution in [1.29, 1.82) is 0 Å². The van der Waals surface area contributed by atoms with Crippen LogP contribution < -0.4 is 10.1 Å². The SMILES string of the molecule is CCCNCc1cc(C)nc(Oc2cc(Cl)ccc2C)c1. The smallest absolute Gasteiger partial charge is 0.219 e. The summed E-state index contributed by atoms with van der Waals surface area (Å²) in [6.45, 7) is 7.94. The lowest BCUT2D eigenvalue weighted by atomic mass is 10.2. The Kier molecular flexibility index (Phi) is 5.59. The minimum absolute atomic E-state index is 0.605. The highest BCUT2D eigenvalue weighted by atomic mass is 35.5. The van der Waals surface area contributed by atoms with E-state index in [0.717, 1.165) is 36.5 Å². The molecule has 0 fully saturated rings. The number of ether oxygens (including phenoxy) is 1. The van der Waals surface area contributed by atoms with E-state index in [1.54, 1.807) is 0 Å². The van der Waals surface area contributed by atoms with Crippen LogP contribution in [0.5, 0.6) is 11.6 Å². The Balaban J connectivity index is 2.17. The molecule has 3 nitrogen and oxygen atoms in total. The van der Waals surface area contributed by atoms with Gasteiger partial charge in [0.15, 0.2) is 0 Å². The maximum Gasteiger partial charge on any atom is 0.219 e. The van der Waals surface area contributed by atoms with E-state index >= 15 is 0 Å². The lowest BCUT2D eigenvalue weighted by Crippen LogP contribution is -2.14. The molecule has 112 valence electrons. The summed E-state index contributed by atoms with van der Waals surface area (Å²) in [5, 5.41) is 4.05. The summed E-state index contributed by atoms with van der Waals surface area (Å²) < 4.78 is 5.89. The maximum atomic E-state index is 6.02. The molecule has 0 amide bonds. The van der Waals surface area contributed by atoms with Gasteiger partial charge in [-0.05, 0) is 56.1 Å². The third kappa shape index (κ3) is 4.73. The Morgan fingerprint density at radius 2 is 2.00 bits per heavy atom. The van der Waals surface area contributed by atoms with Gasteiger partial charge < -0.3 is 10.1 Å². The van der Waals surface area contributed by atoms with E-state index in [9.17, 15) is 0 Å². The van der Waals surface area contributed by atoms with Crippen LogP contribution in [0.4, 0.5) is 0 Å². The molecular weight excluding hydrogens is 284 g/mol. The molecule has 0 aliphatic rings. The van der Waals surface area contributed by atoms with Crippen LogP contribution in [0.15, 0.2) is 30.3 Å². The molecule has 0 atom stereocenters. The van der Waals surface area contributed by atoms with Crippen molar-refractivity contribution in [2.45, 2.75) is 33.7 Å². The Morgan fingerprint density at radius 3 is 2.76 bits per heavy atom. The fourth-order valence-corrected chi connectivity index (χ4v) is 2.23. The van der Waals surface area contributed by atoms with Crippen molar-refractivity contribution in [3.8, 4) is 11.6 Å². The summed E-state index contributed by atoms with van der Waals surface area (Å²) in [7, 11) is 0. The van der Waals surface area contributed by atoms with Gasteiger partial charge in [-0.25, -0.2) is 4.98 Å². The van der Waals surface area contributed by atoms with Crippen LogP contribution in [0.25, 0.3) is 0 Å². The summed E-state index contributed by atoms with van der Waals surface area (Å²) in [5.41, 5.74) is 3.15. The van der Waals surface area contributed by atoms with Crippen LogP contribution in [0.3, 0.4) is 0 Å². The summed E-state index contributed by atoms with van der Waals surface area (Å²) >= 11 is 6.02. The first kappa shape index (κ1) is 15.8. The van der Waals surface area contributed by atoms with Crippen LogP contribution in [0.2, 0.25) is 5.02 Å². The fraction of sp³-hybridized carbons (Fsp3) is 0.353. The van der Waals surface area contributed by atoms with Crippen LogP contribution in [-0.2, 0) is 6.54 Å². The molecule has 2 rings (SSSR count). The molecule has 21 heavy (non-hydrogen) atoms. The van der Waals surface area contributed by atoms with Crippen molar-refractivity contribution in [2.24, 2.45) is 0 Å². The Labute approximate surface area is 131 Å². The van der Waals surface area contributed by atoms with Crippen LogP contribution in [0, 0.1) is 13.8 Å². The molecule has 0 bridgehead atoms. The Morgan fingerprint density at radius 1 is 1.19 bits per heavy atom. The molecule has 1 N–H and O–H groups in total. The van der Waals surface area contributed by atoms with Gasteiger partial charge >= 0.3 is 0 Å². The van der Waals surface area contributed by atoms with Crippen LogP contribution in [-0.4, -0.2) is 11.5 Å². The van der Waals surface area contributed by atoms with Crippen molar-refractivity contribution in [3.05, 3.63) is 52.2 Å². The molecule has 0 spiro atoms. The molecule has 0 radical (unpaired) electrons. The second-order valence-corrected chi connectivity index (χ2v) is 5.58. The molecule has 0 aliphatic heterocycles. The van der Waals surface area contributed by atoms with Crippen molar-refractivity contribution in [3.63, 3.8) is 0 Å². The zero-order chi connectivity index (χ0) is 15.2. The second-order valence-electron chi connectivity index (χ2n) is 5.14. The van der Waals surface area contributed by atoms with E-state index in [0.29, 0.717) is 10.9 Å². The van der Waals surface area contributed by atoms with Gasteiger partial charge in [-0.15, -0.1) is 0 Å². The van der Waals surface area contributed by atoms with E-state index in [1.165, 1.54) is 5.56 Å². The molecule has 4 heteroatoms. The number of nitrogens with zero attached hydrogens (tertiary/aromatic N) is 1. The molecule has 0 aliphatic carbocycles. The molecule has 1 heterocycles. The first-order valence-corrected chi connectivity index (χ1v) is 7.58. The van der Waals surface area contributed by atoms with E-state index in [2.05, 4.69) is 23.3 Å². The zero-order valence-electron chi connectivity index (χ0n) is 12.7. The quantitative estimate of drug-likeness (QED) is 0.789. The van der Waals surface area contributed by atoms with Crippen molar-refractivity contribution >= 4 is 11.6 Å². The molecular formula is C17H21ClN2O. The predicted octanol–water partition coefficient (Wildman–Crippen LogP) is 4.64. The third-order valence-corrected chi connectivity index (χ3v) is 3.35. The monoisotopic (exact) mass is 304 g/mol. The lowest BCUT2D eigenvalue weighted by Gasteiger charge is -2.11. The molecule has 2 aromatic rings. The number of benzene rings is 1. The highest BCUT2D eigenvalue weighted by molar-refractivity contribution is 6.30. The Bertz CT molecular complexity index is 614. The summed E-state index contributed by atoms with van der Waals surface area (Å²) in [6.07, 6.45) is 1.12. The number of nitrogens with one attached hydrogen (secondary N) is 1. The molecule has 0 saturated carbocycles. The minimum Gasteiger partial charge on any atom is -0.439 e. The van der Waals surface area contributed by atoms with Crippen molar-refractivity contribution < 1.29 is 4.74 Å². The first-order valence-electron chi connectivity index (χ1n) is 7.20. The summed E-state index contributed by atoms with van der Waals surface area (Å²) in [5.74, 6) is 1.35. The highest BCUT2D eigenvalue weighted by Crippen LogP contribution is 2.27. The van der Waals surface area contributed by atoms with Gasteiger partial charge in [-0.2, -0.15) is 0 Å². The molecule has 0 saturated heterocycles. The van der Waals surface area contributed by atoms with Gasteiger partial charge in [0.1, 0.15) is 5.75 Å². The summed E-state index contributed by atoms with van der Waals surface area (Å²) in [6, 6.07) is 9.65. The van der Waals surface area contributed by atoms with E-state index in [1.807, 2.05) is 38.1 Å². The molecule has 1 aromatic heterocycles. The van der Waals surface area contributed by atoms with Gasteiger partial charge in [0, 0.05) is 23.3 Å². The number of halogens is 1. The minimum atomic E-state index is 0.605. The number of pyridine rings is 1. The summed E-state index contributed by atoms with van der Waals surface area (Å²) in [4.78, 5) is 4.44. The van der Waals surface area contributed by atoms with Gasteiger partial charge in [-0.3, -0.25) is 0 Å². The van der Waals surface area contributed by atoms with Crippen LogP contribution in [0.1, 0.15) is 30.2 Å². The highest BCUT2D eigenvalue weighted by Gasteiger charge is 2.06. The fourth-order valence-electron chi connectivity index (χ4n) is 2.07. The largest absolute Gasteiger partial charge is 0.439 e. The maximum absolute atomic E-state index is 6.02. The average molecular weight is 305 g/mol. The number of aryl methyl sites for hydroxylation is 2. The van der Waals surface area contributed by atoms with E-state index in [-0.39, 0.29) is 0 Å². The predicted molar refractivity (Wildman–Crippen MR) is 87.2 cm³/mol. The molecule has 0 unspecified atom stereocenters. The van der Waals surface area contributed by atoms with Gasteiger partial charge in [-0.1, -0.05) is 24.6 Å². The third-order valence-electron chi connectivity index (χ3n) is 3.11. The zero-order valence-corrected chi connectivity index (χ0v) is 13.5. The molecule has 1 aromatic carbocycles. The van der Waals surface area contributed by atoms with Gasteiger partial charge in [0.2, 0.25) is 5.88 Å². The van der Waals surface area contributed by atoms with Crippen molar-refractivity contribution in [1.82, 2.24) is 10.3 Å². The van der Waals surface area contributed by atoms with Crippen LogP contribution >= 0.6 is 11.6 Å². The van der Waals surface area contributed by atoms with E-state index < -0.39 is 0 Å². The number of hydrogen-bond acceptors (Lipinski definition) is 3. The normalized spacial score (nSPS) is 10.7. The topological polar surface area (TPSA) is 34.2 Å². The lowest BCUT2D eigenvalue weighted by molar-refractivity contribution is 0.457. The van der Waals surface area contributed by atoms with Gasteiger partial charge in [0.25, 0.3) is 0 Å². The van der Waals surface area contributed by atoms with Crippen molar-refractivity contribution in [2.75, 3.05) is 6.54 Å². The Hall–Kier alpha value is -1.58. The van der Waals surface area contributed by atoms with Gasteiger partial charge in [0.05, 0.1) is 0 Å². The number of aromatic nitrogens is 1. The number of rotatable bonds is 6. The second kappa shape index (κ2) is 7.43. The average Bonchev–Trinajstić information content (AvgIpc) is 2.43. The standard InChI is InChI=1S/C17H21ClN2O/c1-4-7-19-11-14-8-13(3)20-17(9-14)21-16-10-15(18)6-5-12(16)2/h5-6,8-10,19H,4,7,11H2,1-3H3. The number of hydrogen-bond donors (Lipinski definition) is 1. The first-order chi connectivity index (χ1) is 10.1.